The summed E-state index contributed by atoms with van der Waals surface area (Å²) in [5.41, 5.74) is 4.81. The average molecular weight is 513 g/mol. The van der Waals surface area contributed by atoms with Gasteiger partial charge in [0.25, 0.3) is 5.82 Å². The normalized spacial score (nSPS) is 15.6. The number of nitrogens with zero attached hydrogens (tertiary/aromatic N) is 3. The van der Waals surface area contributed by atoms with Gasteiger partial charge in [-0.3, -0.25) is 4.90 Å². The zero-order valence-electron chi connectivity index (χ0n) is 18.5. The highest BCUT2D eigenvalue weighted by atomic mass is 35.5. The minimum absolute atomic E-state index is 0.456. The molecule has 2 aliphatic rings. The molecule has 3 aromatic rings. The van der Waals surface area contributed by atoms with E-state index in [1.165, 1.54) is 5.56 Å². The molecular formula is C25H24Cl2N5OS+. The second kappa shape index (κ2) is 9.83. The number of aromatic amines is 1. The molecule has 3 heterocycles. The fourth-order valence-electron chi connectivity index (χ4n) is 4.77. The van der Waals surface area contributed by atoms with Crippen molar-refractivity contribution in [2.75, 3.05) is 36.4 Å². The van der Waals surface area contributed by atoms with Gasteiger partial charge in [0.1, 0.15) is 24.7 Å². The molecule has 174 valence electrons. The van der Waals surface area contributed by atoms with Crippen molar-refractivity contribution < 1.29 is 9.40 Å². The molecule has 1 aliphatic heterocycles. The van der Waals surface area contributed by atoms with Gasteiger partial charge >= 0.3 is 0 Å². The van der Waals surface area contributed by atoms with Crippen molar-refractivity contribution in [3.63, 3.8) is 0 Å². The van der Waals surface area contributed by atoms with Crippen LogP contribution in [0.3, 0.4) is 0 Å². The number of anilines is 2. The van der Waals surface area contributed by atoms with Gasteiger partial charge in [0.05, 0.1) is 35.1 Å². The molecule has 6 nitrogen and oxygen atoms in total. The molecular weight excluding hydrogens is 489 g/mol. The SMILES string of the molecule is N#Cc1c(N2CCN(C(=S)Nc3cccc(Cl)c3Cl)CC2)[nH+]c(-c2ccco2)c2c1CCCC2. The number of rotatable bonds is 3. The molecule has 2 N–H and O–H groups in total. The number of hydrogen-bond acceptors (Lipinski definition) is 4. The summed E-state index contributed by atoms with van der Waals surface area (Å²) < 4.78 is 5.74. The van der Waals surface area contributed by atoms with Gasteiger partial charge in [0.2, 0.25) is 0 Å². The van der Waals surface area contributed by atoms with Crippen molar-refractivity contribution in [2.45, 2.75) is 25.7 Å². The van der Waals surface area contributed by atoms with Crippen LogP contribution in [0.25, 0.3) is 11.5 Å². The van der Waals surface area contributed by atoms with Gasteiger partial charge in [-0.1, -0.05) is 29.3 Å². The predicted octanol–water partition coefficient (Wildman–Crippen LogP) is 5.34. The topological polar surface area (TPSA) is 69.6 Å². The molecule has 1 fully saturated rings. The molecule has 0 spiro atoms. The van der Waals surface area contributed by atoms with Crippen molar-refractivity contribution in [2.24, 2.45) is 0 Å². The predicted molar refractivity (Wildman–Crippen MR) is 139 cm³/mol. The number of aromatic nitrogens is 1. The molecule has 1 saturated heterocycles. The summed E-state index contributed by atoms with van der Waals surface area (Å²) in [4.78, 5) is 7.93. The molecule has 5 rings (SSSR count). The Morgan fingerprint density at radius 2 is 1.82 bits per heavy atom. The van der Waals surface area contributed by atoms with E-state index in [0.29, 0.717) is 20.8 Å². The Morgan fingerprint density at radius 1 is 1.06 bits per heavy atom. The zero-order valence-corrected chi connectivity index (χ0v) is 20.9. The summed E-state index contributed by atoms with van der Waals surface area (Å²) >= 11 is 18.1. The highest BCUT2D eigenvalue weighted by Crippen LogP contribution is 2.35. The zero-order chi connectivity index (χ0) is 23.7. The Kier molecular flexibility index (Phi) is 6.64. The van der Waals surface area contributed by atoms with Gasteiger partial charge in [-0.2, -0.15) is 5.26 Å². The number of fused-ring (bicyclic) bond motifs is 1. The van der Waals surface area contributed by atoms with E-state index in [1.807, 2.05) is 24.3 Å². The van der Waals surface area contributed by atoms with Crippen molar-refractivity contribution in [1.29, 1.82) is 5.26 Å². The van der Waals surface area contributed by atoms with Crippen LogP contribution < -0.4 is 15.2 Å². The van der Waals surface area contributed by atoms with E-state index in [2.05, 4.69) is 26.2 Å². The molecule has 0 radical (unpaired) electrons. The van der Waals surface area contributed by atoms with Gasteiger partial charge in [-0.05, 0) is 67.7 Å². The van der Waals surface area contributed by atoms with Crippen LogP contribution in [0.1, 0.15) is 29.5 Å². The third-order valence-electron chi connectivity index (χ3n) is 6.51. The van der Waals surface area contributed by atoms with Gasteiger partial charge in [-0.15, -0.1) is 0 Å². The molecule has 0 saturated carbocycles. The maximum atomic E-state index is 10.1. The molecule has 0 amide bonds. The second-order valence-corrected chi connectivity index (χ2v) is 9.65. The van der Waals surface area contributed by atoms with Crippen molar-refractivity contribution in [3.05, 3.63) is 63.3 Å². The number of nitrogens with one attached hydrogen (secondary N) is 2. The first-order valence-corrected chi connectivity index (χ1v) is 12.5. The number of furan rings is 1. The number of nitriles is 1. The lowest BCUT2D eigenvalue weighted by Crippen LogP contribution is -2.51. The van der Waals surface area contributed by atoms with Crippen molar-refractivity contribution >= 4 is 52.0 Å². The number of H-pyrrole nitrogens is 1. The van der Waals surface area contributed by atoms with Gasteiger partial charge in [-0.25, -0.2) is 4.98 Å². The number of pyridine rings is 1. The van der Waals surface area contributed by atoms with Crippen LogP contribution in [-0.2, 0) is 12.8 Å². The first-order chi connectivity index (χ1) is 16.6. The van der Waals surface area contributed by atoms with Crippen molar-refractivity contribution in [1.82, 2.24) is 4.90 Å². The fourth-order valence-corrected chi connectivity index (χ4v) is 5.41. The molecule has 9 heteroatoms. The van der Waals surface area contributed by atoms with Crippen molar-refractivity contribution in [3.8, 4) is 17.5 Å². The van der Waals surface area contributed by atoms with Crippen LogP contribution >= 0.6 is 35.4 Å². The van der Waals surface area contributed by atoms with E-state index in [4.69, 9.17) is 39.8 Å². The van der Waals surface area contributed by atoms with Crippen LogP contribution in [-0.4, -0.2) is 36.2 Å². The number of benzene rings is 1. The lowest BCUT2D eigenvalue weighted by atomic mass is 9.87. The van der Waals surface area contributed by atoms with E-state index in [9.17, 15) is 5.26 Å². The summed E-state index contributed by atoms with van der Waals surface area (Å²) in [5.74, 6) is 1.68. The monoisotopic (exact) mass is 512 g/mol. The first-order valence-electron chi connectivity index (χ1n) is 11.4. The maximum Gasteiger partial charge on any atom is 0.293 e. The first kappa shape index (κ1) is 23.0. The highest BCUT2D eigenvalue weighted by Gasteiger charge is 2.33. The largest absolute Gasteiger partial charge is 0.461 e. The summed E-state index contributed by atoms with van der Waals surface area (Å²) in [5, 5.41) is 14.9. The minimum atomic E-state index is 0.456. The summed E-state index contributed by atoms with van der Waals surface area (Å²) in [6, 6.07) is 11.8. The molecule has 0 unspecified atom stereocenters. The highest BCUT2D eigenvalue weighted by molar-refractivity contribution is 7.80. The average Bonchev–Trinajstić information content (AvgIpc) is 3.41. The molecule has 0 atom stereocenters. The third-order valence-corrected chi connectivity index (χ3v) is 7.69. The minimum Gasteiger partial charge on any atom is -0.461 e. The van der Waals surface area contributed by atoms with Crippen LogP contribution in [0.5, 0.6) is 0 Å². The quantitative estimate of drug-likeness (QED) is 0.477. The lowest BCUT2D eigenvalue weighted by molar-refractivity contribution is -0.353. The maximum absolute atomic E-state index is 10.1. The van der Waals surface area contributed by atoms with E-state index in [1.54, 1.807) is 12.3 Å². The standard InChI is InChI=1S/C25H23Cl2N5OS/c26-19-7-3-8-20(22(19)27)29-25(34)32-12-10-31(11-13-32)24-18(15-28)16-5-1-2-6-17(16)23(30-24)21-9-4-14-33-21/h3-4,7-9,14H,1-2,5-6,10-13H2,(H,29,34)/p+1. The van der Waals surface area contributed by atoms with Crippen LogP contribution in [0, 0.1) is 11.3 Å². The Hall–Kier alpha value is -2.79. The summed E-state index contributed by atoms with van der Waals surface area (Å²) in [7, 11) is 0. The van der Waals surface area contributed by atoms with Crippen LogP contribution in [0.2, 0.25) is 10.0 Å². The smallest absolute Gasteiger partial charge is 0.293 e. The number of halogens is 2. The fraction of sp³-hybridized carbons (Fsp3) is 0.320. The number of piperazine rings is 1. The molecule has 1 aliphatic carbocycles. The Balaban J connectivity index is 1.37. The third kappa shape index (κ3) is 4.34. The Morgan fingerprint density at radius 3 is 2.53 bits per heavy atom. The molecule has 34 heavy (non-hydrogen) atoms. The van der Waals surface area contributed by atoms with Gasteiger partial charge < -0.3 is 14.6 Å². The van der Waals surface area contributed by atoms with Crippen LogP contribution in [0.4, 0.5) is 11.5 Å². The van der Waals surface area contributed by atoms with E-state index < -0.39 is 0 Å². The van der Waals surface area contributed by atoms with Gasteiger partial charge in [0.15, 0.2) is 16.6 Å². The molecule has 0 bridgehead atoms. The number of thiocarbonyl (C=S) groups is 1. The van der Waals surface area contributed by atoms with E-state index >= 15 is 0 Å². The van der Waals surface area contributed by atoms with E-state index in [-0.39, 0.29) is 0 Å². The summed E-state index contributed by atoms with van der Waals surface area (Å²) in [6.07, 6.45) is 5.79. The number of hydrogen-bond donors (Lipinski definition) is 1. The van der Waals surface area contributed by atoms with E-state index in [0.717, 1.165) is 80.3 Å². The Labute approximate surface area is 214 Å². The molecule has 1 aromatic carbocycles. The van der Waals surface area contributed by atoms with Gasteiger partial charge in [0, 0.05) is 5.56 Å². The molecule has 2 aromatic heterocycles. The van der Waals surface area contributed by atoms with Crippen LogP contribution in [0.15, 0.2) is 41.0 Å². The summed E-state index contributed by atoms with van der Waals surface area (Å²) in [6.45, 7) is 2.89. The Bertz CT molecular complexity index is 1260. The second-order valence-electron chi connectivity index (χ2n) is 8.48. The lowest BCUT2D eigenvalue weighted by Gasteiger charge is -2.33.